The number of benzene rings is 1. The average Bonchev–Trinajstić information content (AvgIpc) is 2.45. The zero-order valence-electron chi connectivity index (χ0n) is 11.3. The van der Waals surface area contributed by atoms with Crippen molar-refractivity contribution in [2.75, 3.05) is 13.2 Å². The lowest BCUT2D eigenvalue weighted by atomic mass is 9.98. The molecular weight excluding hydrogens is 274 g/mol. The molecule has 4 nitrogen and oxygen atoms in total. The molecule has 2 heterocycles. The standard InChI is InChI=1S/C15H19NO3S/c17-20(18,10-9-13-5-2-1-3-6-13)16-14-7-4-8-15(16)12-19-11-14/h1-3,5-6,9-10,14-15H,4,7-8,11-12H2. The van der Waals surface area contributed by atoms with E-state index in [-0.39, 0.29) is 12.1 Å². The molecule has 0 aromatic heterocycles. The predicted octanol–water partition coefficient (Wildman–Crippen LogP) is 2.24. The van der Waals surface area contributed by atoms with Crippen LogP contribution in [0.2, 0.25) is 0 Å². The zero-order chi connectivity index (χ0) is 14.0. The maximum absolute atomic E-state index is 12.6. The van der Waals surface area contributed by atoms with Gasteiger partial charge in [-0.25, -0.2) is 8.42 Å². The molecule has 3 rings (SSSR count). The van der Waals surface area contributed by atoms with Gasteiger partial charge in [-0.1, -0.05) is 36.8 Å². The summed E-state index contributed by atoms with van der Waals surface area (Å²) in [6, 6.07) is 9.52. The summed E-state index contributed by atoms with van der Waals surface area (Å²) in [6.07, 6.45) is 4.55. The van der Waals surface area contributed by atoms with Crippen molar-refractivity contribution in [3.05, 3.63) is 41.3 Å². The third-order valence-electron chi connectivity index (χ3n) is 3.94. The Kier molecular flexibility index (Phi) is 3.92. The summed E-state index contributed by atoms with van der Waals surface area (Å²) in [5.74, 6) is 0. The van der Waals surface area contributed by atoms with Crippen molar-refractivity contribution in [1.29, 1.82) is 0 Å². The first kappa shape index (κ1) is 13.8. The van der Waals surface area contributed by atoms with Crippen LogP contribution in [0.4, 0.5) is 0 Å². The lowest BCUT2D eigenvalue weighted by molar-refractivity contribution is -0.0291. The summed E-state index contributed by atoms with van der Waals surface area (Å²) in [6.45, 7) is 1.05. The molecule has 2 aliphatic rings. The molecular formula is C15H19NO3S. The van der Waals surface area contributed by atoms with Crippen molar-refractivity contribution in [2.45, 2.75) is 31.3 Å². The Balaban J connectivity index is 1.83. The quantitative estimate of drug-likeness (QED) is 0.858. The number of morpholine rings is 1. The molecule has 2 fully saturated rings. The molecule has 0 aliphatic carbocycles. The number of piperidine rings is 1. The fourth-order valence-electron chi connectivity index (χ4n) is 3.01. The Hall–Kier alpha value is -1.17. The highest BCUT2D eigenvalue weighted by molar-refractivity contribution is 7.92. The lowest BCUT2D eigenvalue weighted by Gasteiger charge is -2.43. The molecule has 0 spiro atoms. The fourth-order valence-corrected chi connectivity index (χ4v) is 4.64. The van der Waals surface area contributed by atoms with Crippen LogP contribution in [0, 0.1) is 0 Å². The highest BCUT2D eigenvalue weighted by Crippen LogP contribution is 2.30. The van der Waals surface area contributed by atoms with Gasteiger partial charge < -0.3 is 4.74 Å². The van der Waals surface area contributed by atoms with E-state index >= 15 is 0 Å². The minimum absolute atomic E-state index is 0.00734. The first-order valence-corrected chi connectivity index (χ1v) is 8.51. The largest absolute Gasteiger partial charge is 0.378 e. The lowest BCUT2D eigenvalue weighted by Crippen LogP contribution is -2.56. The summed E-state index contributed by atoms with van der Waals surface area (Å²) in [7, 11) is -3.37. The first-order valence-electron chi connectivity index (χ1n) is 7.01. The topological polar surface area (TPSA) is 46.6 Å². The van der Waals surface area contributed by atoms with E-state index < -0.39 is 10.0 Å². The number of hydrogen-bond donors (Lipinski definition) is 0. The van der Waals surface area contributed by atoms with Crippen LogP contribution in [0.15, 0.2) is 35.7 Å². The normalized spacial score (nSPS) is 27.8. The Bertz CT molecular complexity index is 560. The van der Waals surface area contributed by atoms with Gasteiger partial charge in [0, 0.05) is 17.5 Å². The monoisotopic (exact) mass is 293 g/mol. The SMILES string of the molecule is O=S(=O)(C=Cc1ccccc1)N1C2CCCC1COC2. The van der Waals surface area contributed by atoms with Gasteiger partial charge in [-0.3, -0.25) is 0 Å². The molecule has 5 heteroatoms. The molecule has 108 valence electrons. The van der Waals surface area contributed by atoms with Crippen molar-refractivity contribution in [3.63, 3.8) is 0 Å². The van der Waals surface area contributed by atoms with Crippen LogP contribution >= 0.6 is 0 Å². The highest BCUT2D eigenvalue weighted by Gasteiger charge is 2.40. The van der Waals surface area contributed by atoms with Crippen LogP contribution in [-0.2, 0) is 14.8 Å². The van der Waals surface area contributed by atoms with E-state index in [1.165, 1.54) is 5.41 Å². The van der Waals surface area contributed by atoms with Crippen LogP contribution in [0.1, 0.15) is 24.8 Å². The van der Waals surface area contributed by atoms with Crippen molar-refractivity contribution in [1.82, 2.24) is 4.31 Å². The van der Waals surface area contributed by atoms with Crippen LogP contribution in [0.3, 0.4) is 0 Å². The van der Waals surface area contributed by atoms with Crippen LogP contribution < -0.4 is 0 Å². The summed E-state index contributed by atoms with van der Waals surface area (Å²) < 4.78 is 32.3. The summed E-state index contributed by atoms with van der Waals surface area (Å²) in [4.78, 5) is 0. The molecule has 2 bridgehead atoms. The van der Waals surface area contributed by atoms with E-state index in [0.717, 1.165) is 24.8 Å². The Morgan fingerprint density at radius 2 is 1.75 bits per heavy atom. The van der Waals surface area contributed by atoms with Crippen molar-refractivity contribution in [2.24, 2.45) is 0 Å². The van der Waals surface area contributed by atoms with Gasteiger partial charge in [0.1, 0.15) is 0 Å². The van der Waals surface area contributed by atoms with Gasteiger partial charge in [-0.05, 0) is 24.5 Å². The number of rotatable bonds is 3. The van der Waals surface area contributed by atoms with E-state index in [2.05, 4.69) is 0 Å². The van der Waals surface area contributed by atoms with Gasteiger partial charge >= 0.3 is 0 Å². The number of hydrogen-bond acceptors (Lipinski definition) is 3. The molecule has 2 unspecified atom stereocenters. The minimum atomic E-state index is -3.37. The minimum Gasteiger partial charge on any atom is -0.378 e. The third kappa shape index (κ3) is 2.80. The van der Waals surface area contributed by atoms with Gasteiger partial charge in [-0.15, -0.1) is 0 Å². The Morgan fingerprint density at radius 3 is 2.40 bits per heavy atom. The second-order valence-corrected chi connectivity index (χ2v) is 7.09. The predicted molar refractivity (Wildman–Crippen MR) is 78.5 cm³/mol. The molecule has 20 heavy (non-hydrogen) atoms. The number of nitrogens with zero attached hydrogens (tertiary/aromatic N) is 1. The molecule has 0 saturated carbocycles. The molecule has 1 aromatic rings. The van der Waals surface area contributed by atoms with E-state index in [1.807, 2.05) is 30.3 Å². The van der Waals surface area contributed by atoms with Crippen LogP contribution in [0.5, 0.6) is 0 Å². The number of sulfonamides is 1. The highest BCUT2D eigenvalue weighted by atomic mass is 32.2. The van der Waals surface area contributed by atoms with E-state index in [9.17, 15) is 8.42 Å². The number of ether oxygens (including phenoxy) is 1. The average molecular weight is 293 g/mol. The first-order chi connectivity index (χ1) is 9.67. The Morgan fingerprint density at radius 1 is 1.10 bits per heavy atom. The Labute approximate surface area is 120 Å². The van der Waals surface area contributed by atoms with Crippen LogP contribution in [-0.4, -0.2) is 38.0 Å². The van der Waals surface area contributed by atoms with Gasteiger partial charge in [0.15, 0.2) is 0 Å². The van der Waals surface area contributed by atoms with Gasteiger partial charge in [0.2, 0.25) is 10.0 Å². The summed E-state index contributed by atoms with van der Waals surface area (Å²) in [5.41, 5.74) is 0.898. The van der Waals surface area contributed by atoms with E-state index in [4.69, 9.17) is 4.74 Å². The second kappa shape index (κ2) is 5.68. The van der Waals surface area contributed by atoms with E-state index in [0.29, 0.717) is 13.2 Å². The molecule has 2 saturated heterocycles. The van der Waals surface area contributed by atoms with Gasteiger partial charge in [0.25, 0.3) is 0 Å². The van der Waals surface area contributed by atoms with E-state index in [1.54, 1.807) is 10.4 Å². The molecule has 0 N–H and O–H groups in total. The van der Waals surface area contributed by atoms with Crippen molar-refractivity contribution >= 4 is 16.1 Å². The third-order valence-corrected chi connectivity index (χ3v) is 5.60. The van der Waals surface area contributed by atoms with Crippen LogP contribution in [0.25, 0.3) is 6.08 Å². The molecule has 1 aromatic carbocycles. The molecule has 2 aliphatic heterocycles. The van der Waals surface area contributed by atoms with Gasteiger partial charge in [-0.2, -0.15) is 4.31 Å². The van der Waals surface area contributed by atoms with Gasteiger partial charge in [0.05, 0.1) is 13.2 Å². The summed E-state index contributed by atoms with van der Waals surface area (Å²) in [5, 5.41) is 1.33. The maximum atomic E-state index is 12.6. The van der Waals surface area contributed by atoms with Crippen molar-refractivity contribution < 1.29 is 13.2 Å². The molecule has 2 atom stereocenters. The fraction of sp³-hybridized carbons (Fsp3) is 0.467. The summed E-state index contributed by atoms with van der Waals surface area (Å²) >= 11 is 0. The molecule has 0 radical (unpaired) electrons. The molecule has 0 amide bonds. The van der Waals surface area contributed by atoms with Crippen molar-refractivity contribution in [3.8, 4) is 0 Å². The number of fused-ring (bicyclic) bond motifs is 2. The zero-order valence-corrected chi connectivity index (χ0v) is 12.1. The second-order valence-electron chi connectivity index (χ2n) is 5.36. The smallest absolute Gasteiger partial charge is 0.236 e. The maximum Gasteiger partial charge on any atom is 0.236 e.